The molecule has 0 aromatic heterocycles. The molecule has 2 aromatic carbocycles. The molecule has 0 saturated heterocycles. The normalized spacial score (nSPS) is 12.2. The van der Waals surface area contributed by atoms with Crippen LogP contribution >= 0.6 is 22.6 Å². The minimum Gasteiger partial charge on any atom is -0.457 e. The van der Waals surface area contributed by atoms with E-state index in [0.717, 1.165) is 11.3 Å². The smallest absolute Gasteiger partial charge is 0.133 e. The molecule has 1 atom stereocenters. The van der Waals surface area contributed by atoms with Crippen LogP contribution in [0.1, 0.15) is 18.6 Å². The highest BCUT2D eigenvalue weighted by atomic mass is 127. The molecule has 0 amide bonds. The molecule has 17 heavy (non-hydrogen) atoms. The zero-order valence-corrected chi connectivity index (χ0v) is 11.6. The van der Waals surface area contributed by atoms with E-state index in [0.29, 0.717) is 5.75 Å². The van der Waals surface area contributed by atoms with Crippen LogP contribution in [-0.2, 0) is 0 Å². The summed E-state index contributed by atoms with van der Waals surface area (Å²) in [7, 11) is 0. The van der Waals surface area contributed by atoms with Crippen molar-refractivity contribution in [3.05, 3.63) is 57.7 Å². The fourth-order valence-electron chi connectivity index (χ4n) is 1.55. The van der Waals surface area contributed by atoms with Gasteiger partial charge in [-0.15, -0.1) is 0 Å². The molecule has 0 heterocycles. The van der Waals surface area contributed by atoms with Gasteiger partial charge in [-0.05, 0) is 59.8 Å². The highest BCUT2D eigenvalue weighted by Gasteiger charge is 2.08. The number of halogens is 1. The number of benzene rings is 2. The van der Waals surface area contributed by atoms with E-state index in [1.54, 1.807) is 6.92 Å². The largest absolute Gasteiger partial charge is 0.457 e. The fraction of sp³-hybridized carbons (Fsp3) is 0.143. The molecule has 2 aromatic rings. The van der Waals surface area contributed by atoms with Crippen LogP contribution in [-0.4, -0.2) is 5.11 Å². The van der Waals surface area contributed by atoms with E-state index in [9.17, 15) is 5.11 Å². The maximum atomic E-state index is 9.65. The molecule has 0 saturated carbocycles. The highest BCUT2D eigenvalue weighted by Crippen LogP contribution is 2.29. The summed E-state index contributed by atoms with van der Waals surface area (Å²) in [5.74, 6) is 1.47. The summed E-state index contributed by atoms with van der Waals surface area (Å²) in [6, 6.07) is 15.3. The van der Waals surface area contributed by atoms with Crippen molar-refractivity contribution in [1.29, 1.82) is 0 Å². The Bertz CT molecular complexity index is 492. The first kappa shape index (κ1) is 12.4. The Hall–Kier alpha value is -1.07. The Kier molecular flexibility index (Phi) is 4.02. The average molecular weight is 340 g/mol. The standard InChI is InChI=1S/C14H13IO2/c1-10(16)13-4-2-3-5-14(13)17-12-8-6-11(15)7-9-12/h2-10,16H,1H3/t10-/m0/s1. The number of rotatable bonds is 3. The van der Waals surface area contributed by atoms with Crippen LogP contribution in [0.2, 0.25) is 0 Å². The summed E-state index contributed by atoms with van der Waals surface area (Å²) < 4.78 is 6.93. The maximum Gasteiger partial charge on any atom is 0.133 e. The Labute approximate surface area is 114 Å². The lowest BCUT2D eigenvalue weighted by molar-refractivity contribution is 0.195. The summed E-state index contributed by atoms with van der Waals surface area (Å²) in [4.78, 5) is 0. The van der Waals surface area contributed by atoms with Gasteiger partial charge in [0.15, 0.2) is 0 Å². The minimum atomic E-state index is -0.532. The lowest BCUT2D eigenvalue weighted by atomic mass is 10.1. The second-order valence-electron chi connectivity index (χ2n) is 3.77. The molecule has 0 unspecified atom stereocenters. The molecule has 0 bridgehead atoms. The summed E-state index contributed by atoms with van der Waals surface area (Å²) in [6.07, 6.45) is -0.532. The molecule has 2 rings (SSSR count). The van der Waals surface area contributed by atoms with Crippen molar-refractivity contribution in [3.8, 4) is 11.5 Å². The lowest BCUT2D eigenvalue weighted by Crippen LogP contribution is -1.95. The molecular formula is C14H13IO2. The first-order chi connectivity index (χ1) is 8.16. The summed E-state index contributed by atoms with van der Waals surface area (Å²) in [6.45, 7) is 1.73. The number of hydrogen-bond acceptors (Lipinski definition) is 2. The zero-order valence-electron chi connectivity index (χ0n) is 9.43. The van der Waals surface area contributed by atoms with Crippen LogP contribution in [0.5, 0.6) is 11.5 Å². The van der Waals surface area contributed by atoms with Crippen molar-refractivity contribution < 1.29 is 9.84 Å². The maximum absolute atomic E-state index is 9.65. The van der Waals surface area contributed by atoms with Gasteiger partial charge in [-0.25, -0.2) is 0 Å². The fourth-order valence-corrected chi connectivity index (χ4v) is 1.91. The van der Waals surface area contributed by atoms with Crippen molar-refractivity contribution >= 4 is 22.6 Å². The van der Waals surface area contributed by atoms with Crippen molar-refractivity contribution in [1.82, 2.24) is 0 Å². The molecule has 0 aliphatic carbocycles. The first-order valence-corrected chi connectivity index (χ1v) is 6.45. The molecule has 0 aliphatic rings. The van der Waals surface area contributed by atoms with E-state index >= 15 is 0 Å². The van der Waals surface area contributed by atoms with Gasteiger partial charge < -0.3 is 9.84 Å². The molecule has 3 heteroatoms. The molecule has 0 fully saturated rings. The quantitative estimate of drug-likeness (QED) is 0.851. The van der Waals surface area contributed by atoms with E-state index in [4.69, 9.17) is 4.74 Å². The van der Waals surface area contributed by atoms with Crippen molar-refractivity contribution in [2.45, 2.75) is 13.0 Å². The second kappa shape index (κ2) is 5.51. The average Bonchev–Trinajstić information content (AvgIpc) is 2.32. The van der Waals surface area contributed by atoms with Crippen LogP contribution < -0.4 is 4.74 Å². The van der Waals surface area contributed by atoms with E-state index in [-0.39, 0.29) is 0 Å². The van der Waals surface area contributed by atoms with Crippen LogP contribution in [0.4, 0.5) is 0 Å². The van der Waals surface area contributed by atoms with Gasteiger partial charge in [-0.2, -0.15) is 0 Å². The molecule has 88 valence electrons. The van der Waals surface area contributed by atoms with E-state index in [1.165, 1.54) is 3.57 Å². The molecule has 0 radical (unpaired) electrons. The van der Waals surface area contributed by atoms with Crippen LogP contribution in [0, 0.1) is 3.57 Å². The molecule has 0 aliphatic heterocycles. The van der Waals surface area contributed by atoms with Gasteiger partial charge in [0.05, 0.1) is 6.10 Å². The van der Waals surface area contributed by atoms with E-state index in [2.05, 4.69) is 22.6 Å². The monoisotopic (exact) mass is 340 g/mol. The summed E-state index contributed by atoms with van der Waals surface area (Å²) in [5, 5.41) is 9.65. The number of aliphatic hydroxyl groups is 1. The number of aliphatic hydroxyl groups excluding tert-OH is 1. The Morgan fingerprint density at radius 2 is 1.71 bits per heavy atom. The van der Waals surface area contributed by atoms with Gasteiger partial charge in [0.1, 0.15) is 11.5 Å². The van der Waals surface area contributed by atoms with Gasteiger partial charge in [0.2, 0.25) is 0 Å². The van der Waals surface area contributed by atoms with E-state index < -0.39 is 6.10 Å². The number of para-hydroxylation sites is 1. The van der Waals surface area contributed by atoms with Crippen LogP contribution in [0.15, 0.2) is 48.5 Å². The predicted molar refractivity (Wildman–Crippen MR) is 76.3 cm³/mol. The zero-order chi connectivity index (χ0) is 12.3. The van der Waals surface area contributed by atoms with Crippen molar-refractivity contribution in [2.75, 3.05) is 0 Å². The van der Waals surface area contributed by atoms with Gasteiger partial charge in [-0.1, -0.05) is 18.2 Å². The molecule has 0 spiro atoms. The van der Waals surface area contributed by atoms with E-state index in [1.807, 2.05) is 48.5 Å². The third-order valence-corrected chi connectivity index (χ3v) is 3.13. The van der Waals surface area contributed by atoms with Gasteiger partial charge >= 0.3 is 0 Å². The Balaban J connectivity index is 2.26. The lowest BCUT2D eigenvalue weighted by Gasteiger charge is -2.12. The minimum absolute atomic E-state index is 0.532. The number of hydrogen-bond donors (Lipinski definition) is 1. The molecule has 2 nitrogen and oxygen atoms in total. The highest BCUT2D eigenvalue weighted by molar-refractivity contribution is 14.1. The Morgan fingerprint density at radius 1 is 1.06 bits per heavy atom. The Morgan fingerprint density at radius 3 is 2.35 bits per heavy atom. The number of ether oxygens (including phenoxy) is 1. The van der Waals surface area contributed by atoms with Crippen LogP contribution in [0.3, 0.4) is 0 Å². The van der Waals surface area contributed by atoms with Gasteiger partial charge in [0.25, 0.3) is 0 Å². The second-order valence-corrected chi connectivity index (χ2v) is 5.02. The topological polar surface area (TPSA) is 29.5 Å². The van der Waals surface area contributed by atoms with Crippen LogP contribution in [0.25, 0.3) is 0 Å². The first-order valence-electron chi connectivity index (χ1n) is 5.37. The molecular weight excluding hydrogens is 327 g/mol. The summed E-state index contributed by atoms with van der Waals surface area (Å²) in [5.41, 5.74) is 0.797. The van der Waals surface area contributed by atoms with Gasteiger partial charge in [0, 0.05) is 9.13 Å². The predicted octanol–water partition coefficient (Wildman–Crippen LogP) is 4.14. The summed E-state index contributed by atoms with van der Waals surface area (Å²) >= 11 is 2.25. The van der Waals surface area contributed by atoms with Crippen molar-refractivity contribution in [2.24, 2.45) is 0 Å². The van der Waals surface area contributed by atoms with Crippen molar-refractivity contribution in [3.63, 3.8) is 0 Å². The third-order valence-electron chi connectivity index (χ3n) is 2.41. The van der Waals surface area contributed by atoms with Gasteiger partial charge in [-0.3, -0.25) is 0 Å². The third kappa shape index (κ3) is 3.20. The molecule has 1 N–H and O–H groups in total. The SMILES string of the molecule is C[C@H](O)c1ccccc1Oc1ccc(I)cc1.